The first-order valence-electron chi connectivity index (χ1n) is 7.11. The summed E-state index contributed by atoms with van der Waals surface area (Å²) in [5.74, 6) is -0.770. The minimum atomic E-state index is -0.414. The van der Waals surface area contributed by atoms with E-state index in [4.69, 9.17) is 5.73 Å². The molecule has 0 radical (unpaired) electrons. The number of nitrogen functional groups attached to an aromatic ring is 1. The number of aromatic nitrogens is 3. The number of benzene rings is 1. The average molecular weight is 343 g/mol. The largest absolute Gasteiger partial charge is 0.368 e. The standard InChI is InChI=1S/C16H14FN5OS/c1-9-8-24-15(20-9)13-6-12(21-16(18)22-13)14(23)19-7-10-3-2-4-11(17)5-10/h2-6,8H,7H2,1H3,(H,19,23)(H2,18,21,22). The minimum Gasteiger partial charge on any atom is -0.368 e. The molecule has 24 heavy (non-hydrogen) atoms. The van der Waals surface area contributed by atoms with Crippen molar-refractivity contribution in [1.29, 1.82) is 0 Å². The van der Waals surface area contributed by atoms with E-state index in [9.17, 15) is 9.18 Å². The first-order valence-corrected chi connectivity index (χ1v) is 7.99. The third-order valence-electron chi connectivity index (χ3n) is 3.16. The zero-order valence-electron chi connectivity index (χ0n) is 12.8. The van der Waals surface area contributed by atoms with Crippen LogP contribution in [0.3, 0.4) is 0 Å². The lowest BCUT2D eigenvalue weighted by Gasteiger charge is -2.06. The Bertz CT molecular complexity index is 896. The Labute approximate surface area is 141 Å². The summed E-state index contributed by atoms with van der Waals surface area (Å²) in [6.45, 7) is 2.06. The van der Waals surface area contributed by atoms with E-state index >= 15 is 0 Å². The van der Waals surface area contributed by atoms with Crippen LogP contribution >= 0.6 is 11.3 Å². The summed E-state index contributed by atoms with van der Waals surface area (Å²) >= 11 is 1.41. The fourth-order valence-electron chi connectivity index (χ4n) is 2.08. The van der Waals surface area contributed by atoms with Gasteiger partial charge in [-0.15, -0.1) is 11.3 Å². The van der Waals surface area contributed by atoms with Gasteiger partial charge >= 0.3 is 0 Å². The molecular formula is C16H14FN5OS. The number of hydrogen-bond acceptors (Lipinski definition) is 6. The summed E-state index contributed by atoms with van der Waals surface area (Å²) in [6.07, 6.45) is 0. The van der Waals surface area contributed by atoms with Crippen LogP contribution in [0.4, 0.5) is 10.3 Å². The average Bonchev–Trinajstić information content (AvgIpc) is 2.99. The molecule has 3 rings (SSSR count). The van der Waals surface area contributed by atoms with Gasteiger partial charge in [0.2, 0.25) is 5.95 Å². The van der Waals surface area contributed by atoms with Gasteiger partial charge in [0, 0.05) is 17.6 Å². The van der Waals surface area contributed by atoms with E-state index in [1.807, 2.05) is 12.3 Å². The van der Waals surface area contributed by atoms with Crippen LogP contribution < -0.4 is 11.1 Å². The summed E-state index contributed by atoms with van der Waals surface area (Å²) in [5.41, 5.74) is 7.85. The summed E-state index contributed by atoms with van der Waals surface area (Å²) in [7, 11) is 0. The third kappa shape index (κ3) is 3.72. The molecule has 1 amide bonds. The molecule has 2 heterocycles. The number of hydrogen-bond donors (Lipinski definition) is 2. The highest BCUT2D eigenvalue weighted by Gasteiger charge is 2.13. The molecule has 1 aromatic carbocycles. The summed E-state index contributed by atoms with van der Waals surface area (Å²) in [6, 6.07) is 7.55. The molecule has 0 aliphatic rings. The van der Waals surface area contributed by atoms with E-state index in [0.717, 1.165) is 5.69 Å². The highest BCUT2D eigenvalue weighted by molar-refractivity contribution is 7.13. The van der Waals surface area contributed by atoms with Crippen molar-refractivity contribution in [2.45, 2.75) is 13.5 Å². The Hall–Kier alpha value is -2.87. The van der Waals surface area contributed by atoms with Crippen LogP contribution in [-0.2, 0) is 6.54 Å². The van der Waals surface area contributed by atoms with Gasteiger partial charge in [0.1, 0.15) is 22.2 Å². The molecule has 0 saturated carbocycles. The Morgan fingerprint density at radius 1 is 1.29 bits per heavy atom. The van der Waals surface area contributed by atoms with Crippen LogP contribution in [0.5, 0.6) is 0 Å². The van der Waals surface area contributed by atoms with Crippen molar-refractivity contribution in [1.82, 2.24) is 20.3 Å². The van der Waals surface area contributed by atoms with Crippen LogP contribution in [0.15, 0.2) is 35.7 Å². The quantitative estimate of drug-likeness (QED) is 0.759. The van der Waals surface area contributed by atoms with Crippen molar-refractivity contribution < 1.29 is 9.18 Å². The van der Waals surface area contributed by atoms with Gasteiger partial charge in [0.25, 0.3) is 5.91 Å². The van der Waals surface area contributed by atoms with Gasteiger partial charge in [-0.25, -0.2) is 19.3 Å². The second-order valence-electron chi connectivity index (χ2n) is 5.10. The first kappa shape index (κ1) is 16.0. The molecular weight excluding hydrogens is 329 g/mol. The van der Waals surface area contributed by atoms with Gasteiger partial charge in [-0.1, -0.05) is 12.1 Å². The molecule has 0 spiro atoms. The molecule has 0 fully saturated rings. The fraction of sp³-hybridized carbons (Fsp3) is 0.125. The van der Waals surface area contributed by atoms with E-state index in [2.05, 4.69) is 20.3 Å². The van der Waals surface area contributed by atoms with Crippen LogP contribution in [-0.4, -0.2) is 20.9 Å². The molecule has 0 aliphatic heterocycles. The zero-order valence-corrected chi connectivity index (χ0v) is 13.6. The molecule has 0 saturated heterocycles. The highest BCUT2D eigenvalue weighted by atomic mass is 32.1. The lowest BCUT2D eigenvalue weighted by molar-refractivity contribution is 0.0946. The second-order valence-corrected chi connectivity index (χ2v) is 5.96. The van der Waals surface area contributed by atoms with Crippen molar-refractivity contribution in [3.63, 3.8) is 0 Å². The zero-order chi connectivity index (χ0) is 17.1. The summed E-state index contributed by atoms with van der Waals surface area (Å²) in [5, 5.41) is 5.24. The maximum Gasteiger partial charge on any atom is 0.270 e. The number of carbonyl (C=O) groups is 1. The molecule has 3 N–H and O–H groups in total. The highest BCUT2D eigenvalue weighted by Crippen LogP contribution is 2.22. The van der Waals surface area contributed by atoms with Gasteiger partial charge in [0.15, 0.2) is 0 Å². The van der Waals surface area contributed by atoms with Crippen molar-refractivity contribution >= 4 is 23.2 Å². The molecule has 8 heteroatoms. The predicted octanol–water partition coefficient (Wildman–Crippen LogP) is 2.56. The van der Waals surface area contributed by atoms with Gasteiger partial charge in [-0.2, -0.15) is 0 Å². The van der Waals surface area contributed by atoms with E-state index in [0.29, 0.717) is 16.3 Å². The number of rotatable bonds is 4. The topological polar surface area (TPSA) is 93.8 Å². The number of aryl methyl sites for hydroxylation is 1. The molecule has 0 bridgehead atoms. The van der Waals surface area contributed by atoms with Gasteiger partial charge in [-0.05, 0) is 30.7 Å². The lowest BCUT2D eigenvalue weighted by atomic mass is 10.2. The van der Waals surface area contributed by atoms with Gasteiger partial charge < -0.3 is 11.1 Å². The molecule has 0 atom stereocenters. The van der Waals surface area contributed by atoms with E-state index < -0.39 is 5.91 Å². The molecule has 0 unspecified atom stereocenters. The fourth-order valence-corrected chi connectivity index (χ4v) is 2.84. The van der Waals surface area contributed by atoms with Crippen LogP contribution in [0, 0.1) is 12.7 Å². The number of nitrogens with two attached hydrogens (primary N) is 1. The predicted molar refractivity (Wildman–Crippen MR) is 89.9 cm³/mol. The monoisotopic (exact) mass is 343 g/mol. The number of carbonyl (C=O) groups excluding carboxylic acids is 1. The molecule has 0 aliphatic carbocycles. The van der Waals surface area contributed by atoms with Crippen LogP contribution in [0.25, 0.3) is 10.7 Å². The van der Waals surface area contributed by atoms with Crippen LogP contribution in [0.1, 0.15) is 21.7 Å². The summed E-state index contributed by atoms with van der Waals surface area (Å²) < 4.78 is 13.2. The molecule has 122 valence electrons. The molecule has 3 aromatic rings. The number of thiazole rings is 1. The Morgan fingerprint density at radius 3 is 2.83 bits per heavy atom. The first-order chi connectivity index (χ1) is 11.5. The summed E-state index contributed by atoms with van der Waals surface area (Å²) in [4.78, 5) is 24.7. The molecule has 2 aromatic heterocycles. The Balaban J connectivity index is 1.78. The second kappa shape index (κ2) is 6.71. The van der Waals surface area contributed by atoms with E-state index in [1.54, 1.807) is 12.1 Å². The number of amides is 1. The van der Waals surface area contributed by atoms with Crippen molar-refractivity contribution in [3.8, 4) is 10.7 Å². The van der Waals surface area contributed by atoms with Crippen molar-refractivity contribution in [3.05, 3.63) is 58.5 Å². The number of halogens is 1. The minimum absolute atomic E-state index is 0.00346. The van der Waals surface area contributed by atoms with Crippen LogP contribution in [0.2, 0.25) is 0 Å². The Kier molecular flexibility index (Phi) is 4.48. The normalized spacial score (nSPS) is 10.6. The van der Waals surface area contributed by atoms with E-state index in [-0.39, 0.29) is 24.0 Å². The maximum absolute atomic E-state index is 13.2. The maximum atomic E-state index is 13.2. The van der Waals surface area contributed by atoms with Gasteiger partial charge in [-0.3, -0.25) is 4.79 Å². The van der Waals surface area contributed by atoms with Gasteiger partial charge in [0.05, 0.1) is 0 Å². The SMILES string of the molecule is Cc1csc(-c2cc(C(=O)NCc3cccc(F)c3)nc(N)n2)n1. The third-order valence-corrected chi connectivity index (χ3v) is 4.14. The number of anilines is 1. The number of nitrogens with zero attached hydrogens (tertiary/aromatic N) is 3. The molecule has 6 nitrogen and oxygen atoms in total. The van der Waals surface area contributed by atoms with E-state index in [1.165, 1.54) is 29.5 Å². The lowest BCUT2D eigenvalue weighted by Crippen LogP contribution is -2.24. The smallest absolute Gasteiger partial charge is 0.270 e. The number of nitrogens with one attached hydrogen (secondary N) is 1. The van der Waals surface area contributed by atoms with Crippen molar-refractivity contribution in [2.24, 2.45) is 0 Å². The Morgan fingerprint density at radius 2 is 2.12 bits per heavy atom. The van der Waals surface area contributed by atoms with Crippen molar-refractivity contribution in [2.75, 3.05) is 5.73 Å².